The Balaban J connectivity index is 1.78. The van der Waals surface area contributed by atoms with Crippen LogP contribution in [0.5, 0.6) is 0 Å². The fourth-order valence-corrected chi connectivity index (χ4v) is 5.06. The van der Waals surface area contributed by atoms with Crippen molar-refractivity contribution in [1.29, 1.82) is 0 Å². The third-order valence-electron chi connectivity index (χ3n) is 6.18. The smallest absolute Gasteiger partial charge is 0.175 e. The highest BCUT2D eigenvalue weighted by atomic mass is 35.5. The molecule has 0 amide bonds. The highest BCUT2D eigenvalue weighted by Crippen LogP contribution is 2.39. The zero-order chi connectivity index (χ0) is 25.1. The first kappa shape index (κ1) is 24.3. The van der Waals surface area contributed by atoms with Gasteiger partial charge in [0.15, 0.2) is 5.78 Å². The molecule has 0 saturated carbocycles. The molecule has 0 heterocycles. The van der Waals surface area contributed by atoms with E-state index in [0.29, 0.717) is 20.6 Å². The lowest BCUT2D eigenvalue weighted by Crippen LogP contribution is -2.16. The normalized spacial score (nSPS) is 11.8. The summed E-state index contributed by atoms with van der Waals surface area (Å²) in [6.45, 7) is 0. The van der Waals surface area contributed by atoms with E-state index in [1.165, 1.54) is 0 Å². The van der Waals surface area contributed by atoms with Crippen molar-refractivity contribution in [2.24, 2.45) is 0 Å². The Morgan fingerprint density at radius 1 is 0.500 bits per heavy atom. The number of benzene rings is 5. The summed E-state index contributed by atoms with van der Waals surface area (Å²) in [6.07, 6.45) is 0. The van der Waals surface area contributed by atoms with Crippen LogP contribution in [0.15, 0.2) is 121 Å². The molecular formula is C32H21Cl3O. The van der Waals surface area contributed by atoms with Crippen molar-refractivity contribution < 1.29 is 4.79 Å². The molecule has 1 atom stereocenters. The molecule has 0 spiro atoms. The summed E-state index contributed by atoms with van der Waals surface area (Å²) in [4.78, 5) is 14.7. The Morgan fingerprint density at radius 2 is 1.00 bits per heavy atom. The molecule has 0 aromatic heterocycles. The third-order valence-corrected chi connectivity index (χ3v) is 6.90. The van der Waals surface area contributed by atoms with E-state index in [1.54, 1.807) is 0 Å². The van der Waals surface area contributed by atoms with Gasteiger partial charge in [-0.05, 0) is 69.8 Å². The van der Waals surface area contributed by atoms with Crippen LogP contribution in [0.4, 0.5) is 0 Å². The molecule has 0 saturated heterocycles. The maximum Gasteiger partial charge on any atom is 0.175 e. The first-order valence-electron chi connectivity index (χ1n) is 11.5. The summed E-state index contributed by atoms with van der Waals surface area (Å²) in [5.74, 6) is -0.546. The number of hydrogen-bond donors (Lipinski definition) is 0. The van der Waals surface area contributed by atoms with Gasteiger partial charge in [-0.25, -0.2) is 0 Å². The second kappa shape index (κ2) is 10.7. The lowest BCUT2D eigenvalue weighted by Gasteiger charge is -2.22. The fourth-order valence-electron chi connectivity index (χ4n) is 4.55. The Hall–Kier alpha value is -3.36. The summed E-state index contributed by atoms with van der Waals surface area (Å²) < 4.78 is 0. The van der Waals surface area contributed by atoms with Crippen LogP contribution in [-0.2, 0) is 0 Å². The molecule has 5 rings (SSSR count). The zero-order valence-electron chi connectivity index (χ0n) is 19.2. The molecule has 5 aromatic carbocycles. The molecule has 0 aliphatic heterocycles. The van der Waals surface area contributed by atoms with Crippen LogP contribution in [-0.4, -0.2) is 5.78 Å². The molecule has 1 nitrogen and oxygen atoms in total. The summed E-state index contributed by atoms with van der Waals surface area (Å²) in [7, 11) is 0. The van der Waals surface area contributed by atoms with Crippen LogP contribution in [0.3, 0.4) is 0 Å². The van der Waals surface area contributed by atoms with Crippen LogP contribution in [0.25, 0.3) is 22.3 Å². The van der Waals surface area contributed by atoms with Gasteiger partial charge in [-0.3, -0.25) is 4.79 Å². The number of Topliss-reactive ketones (excluding diaryl/α,β-unsaturated/α-hetero) is 1. The molecule has 5 aromatic rings. The standard InChI is InChI=1S/C32H21Cl3O/c33-25-17-15-22(16-18-25)30(21-7-2-1-3-8-21)32(36)31-28(23-9-4-11-26(34)19-23)13-6-14-29(31)24-10-5-12-27(35)20-24/h1-20,30H. The van der Waals surface area contributed by atoms with Crippen molar-refractivity contribution in [3.8, 4) is 22.3 Å². The topological polar surface area (TPSA) is 17.1 Å². The molecule has 1 unspecified atom stereocenters. The van der Waals surface area contributed by atoms with Crippen LogP contribution in [0, 0.1) is 0 Å². The van der Waals surface area contributed by atoms with Crippen LogP contribution < -0.4 is 0 Å². The highest BCUT2D eigenvalue weighted by molar-refractivity contribution is 6.31. The summed E-state index contributed by atoms with van der Waals surface area (Å²) in [5.41, 5.74) is 5.77. The van der Waals surface area contributed by atoms with Crippen LogP contribution in [0.2, 0.25) is 15.1 Å². The quantitative estimate of drug-likeness (QED) is 0.201. The van der Waals surface area contributed by atoms with Crippen LogP contribution >= 0.6 is 34.8 Å². The van der Waals surface area contributed by atoms with E-state index in [-0.39, 0.29) is 5.78 Å². The molecule has 0 fully saturated rings. The minimum Gasteiger partial charge on any atom is -0.293 e. The molecule has 0 N–H and O–H groups in total. The molecule has 0 bridgehead atoms. The Morgan fingerprint density at radius 3 is 1.53 bits per heavy atom. The minimum atomic E-state index is -0.526. The molecule has 0 aliphatic rings. The minimum absolute atomic E-state index is 0.0194. The van der Waals surface area contributed by atoms with E-state index in [4.69, 9.17) is 34.8 Å². The van der Waals surface area contributed by atoms with Gasteiger partial charge in [0.1, 0.15) is 0 Å². The van der Waals surface area contributed by atoms with E-state index < -0.39 is 5.92 Å². The summed E-state index contributed by atoms with van der Waals surface area (Å²) >= 11 is 18.9. The van der Waals surface area contributed by atoms with E-state index in [9.17, 15) is 4.79 Å². The maximum atomic E-state index is 14.7. The van der Waals surface area contributed by atoms with Gasteiger partial charge in [-0.15, -0.1) is 0 Å². The van der Waals surface area contributed by atoms with Gasteiger partial charge in [-0.1, -0.05) is 120 Å². The van der Waals surface area contributed by atoms with Crippen molar-refractivity contribution in [3.63, 3.8) is 0 Å². The Labute approximate surface area is 225 Å². The number of ketones is 1. The van der Waals surface area contributed by atoms with Gasteiger partial charge in [0.25, 0.3) is 0 Å². The first-order valence-corrected chi connectivity index (χ1v) is 12.6. The van der Waals surface area contributed by atoms with E-state index >= 15 is 0 Å². The predicted molar refractivity (Wildman–Crippen MR) is 151 cm³/mol. The number of carbonyl (C=O) groups excluding carboxylic acids is 1. The maximum absolute atomic E-state index is 14.7. The van der Waals surface area contributed by atoms with E-state index in [2.05, 4.69) is 0 Å². The largest absolute Gasteiger partial charge is 0.293 e. The van der Waals surface area contributed by atoms with Crippen molar-refractivity contribution in [2.75, 3.05) is 0 Å². The lowest BCUT2D eigenvalue weighted by atomic mass is 9.80. The fraction of sp³-hybridized carbons (Fsp3) is 0.0312. The highest BCUT2D eigenvalue weighted by Gasteiger charge is 2.29. The van der Waals surface area contributed by atoms with E-state index in [0.717, 1.165) is 33.4 Å². The van der Waals surface area contributed by atoms with Gasteiger partial charge < -0.3 is 0 Å². The van der Waals surface area contributed by atoms with Crippen molar-refractivity contribution >= 4 is 40.6 Å². The van der Waals surface area contributed by atoms with Gasteiger partial charge in [-0.2, -0.15) is 0 Å². The van der Waals surface area contributed by atoms with Crippen molar-refractivity contribution in [2.45, 2.75) is 5.92 Å². The predicted octanol–water partition coefficient (Wildman–Crippen LogP) is 10.00. The molecule has 0 aliphatic carbocycles. The van der Waals surface area contributed by atoms with Gasteiger partial charge in [0, 0.05) is 20.6 Å². The number of hydrogen-bond acceptors (Lipinski definition) is 1. The summed E-state index contributed by atoms with van der Waals surface area (Å²) in [5, 5.41) is 1.84. The molecule has 4 heteroatoms. The van der Waals surface area contributed by atoms with Gasteiger partial charge >= 0.3 is 0 Å². The van der Waals surface area contributed by atoms with E-state index in [1.807, 2.05) is 121 Å². The average Bonchev–Trinajstić information content (AvgIpc) is 2.90. The van der Waals surface area contributed by atoms with Crippen LogP contribution in [0.1, 0.15) is 27.4 Å². The average molecular weight is 528 g/mol. The first-order chi connectivity index (χ1) is 17.5. The molecular weight excluding hydrogens is 507 g/mol. The number of carbonyl (C=O) groups is 1. The molecule has 36 heavy (non-hydrogen) atoms. The molecule has 0 radical (unpaired) electrons. The number of halogens is 3. The summed E-state index contributed by atoms with van der Waals surface area (Å²) in [6, 6.07) is 38.3. The third kappa shape index (κ3) is 5.10. The van der Waals surface area contributed by atoms with Gasteiger partial charge in [0.05, 0.1) is 5.92 Å². The Kier molecular flexibility index (Phi) is 7.25. The second-order valence-electron chi connectivity index (χ2n) is 8.51. The van der Waals surface area contributed by atoms with Gasteiger partial charge in [0.2, 0.25) is 0 Å². The SMILES string of the molecule is O=C(c1c(-c2cccc(Cl)c2)cccc1-c1cccc(Cl)c1)C(c1ccccc1)c1ccc(Cl)cc1. The Bertz CT molecular complexity index is 1460. The monoisotopic (exact) mass is 526 g/mol. The zero-order valence-corrected chi connectivity index (χ0v) is 21.4. The second-order valence-corrected chi connectivity index (χ2v) is 9.82. The van der Waals surface area contributed by atoms with Crippen molar-refractivity contribution in [1.82, 2.24) is 0 Å². The van der Waals surface area contributed by atoms with Crippen molar-refractivity contribution in [3.05, 3.63) is 153 Å². The lowest BCUT2D eigenvalue weighted by molar-refractivity contribution is 0.0975. The molecule has 176 valence electrons. The number of rotatable bonds is 6.